The van der Waals surface area contributed by atoms with E-state index in [9.17, 15) is 25.1 Å². The van der Waals surface area contributed by atoms with Gasteiger partial charge in [0.25, 0.3) is 5.91 Å². The predicted octanol–water partition coefficient (Wildman–Crippen LogP) is 1.49. The SMILES string of the molecule is COc1cc(/C=N\NC(=O)[C@@H](O)c2ccccc2)c(O)c([N+](=O)[O-])c1. The number of carbonyl (C=O) groups is 1. The second-order valence-electron chi connectivity index (χ2n) is 4.89. The minimum atomic E-state index is -1.42. The number of phenols is 1. The van der Waals surface area contributed by atoms with E-state index < -0.39 is 28.4 Å². The Hall–Kier alpha value is -3.46. The van der Waals surface area contributed by atoms with Gasteiger partial charge < -0.3 is 14.9 Å². The second kappa shape index (κ2) is 7.88. The average Bonchev–Trinajstić information content (AvgIpc) is 2.62. The Morgan fingerprint density at radius 3 is 2.64 bits per heavy atom. The first-order valence-corrected chi connectivity index (χ1v) is 7.05. The van der Waals surface area contributed by atoms with Crippen LogP contribution in [0.15, 0.2) is 47.6 Å². The number of nitro benzene ring substituents is 1. The molecule has 0 spiro atoms. The number of nitrogens with zero attached hydrogens (tertiary/aromatic N) is 2. The molecule has 0 aliphatic rings. The third-order valence-electron chi connectivity index (χ3n) is 3.27. The van der Waals surface area contributed by atoms with E-state index in [1.165, 1.54) is 13.2 Å². The van der Waals surface area contributed by atoms with Gasteiger partial charge in [0.2, 0.25) is 5.75 Å². The fourth-order valence-electron chi connectivity index (χ4n) is 1.98. The number of nitrogens with one attached hydrogen (secondary N) is 1. The van der Waals surface area contributed by atoms with Gasteiger partial charge in [0.05, 0.1) is 24.3 Å². The molecule has 25 heavy (non-hydrogen) atoms. The quantitative estimate of drug-likeness (QED) is 0.412. The van der Waals surface area contributed by atoms with Gasteiger partial charge in [-0.05, 0) is 11.6 Å². The standard InChI is InChI=1S/C16H15N3O6/c1-25-12-7-11(14(20)13(8-12)19(23)24)9-17-18-16(22)15(21)10-5-3-2-4-6-10/h2-9,15,20-21H,1H3,(H,18,22)/b17-9-/t15-/m0/s1. The smallest absolute Gasteiger partial charge is 0.315 e. The molecular formula is C16H15N3O6. The van der Waals surface area contributed by atoms with E-state index in [0.717, 1.165) is 12.3 Å². The molecule has 1 atom stereocenters. The molecule has 9 heteroatoms. The average molecular weight is 345 g/mol. The van der Waals surface area contributed by atoms with Crippen LogP contribution in [0.2, 0.25) is 0 Å². The molecular weight excluding hydrogens is 330 g/mol. The summed E-state index contributed by atoms with van der Waals surface area (Å²) in [6.07, 6.45) is -0.410. The lowest BCUT2D eigenvalue weighted by atomic mass is 10.1. The number of hydrogen-bond donors (Lipinski definition) is 3. The summed E-state index contributed by atoms with van der Waals surface area (Å²) in [6, 6.07) is 10.6. The van der Waals surface area contributed by atoms with Gasteiger partial charge in [-0.25, -0.2) is 5.43 Å². The van der Waals surface area contributed by atoms with Crippen LogP contribution in [0.3, 0.4) is 0 Å². The molecule has 3 N–H and O–H groups in total. The van der Waals surface area contributed by atoms with E-state index in [1.807, 2.05) is 0 Å². The molecule has 0 aromatic heterocycles. The van der Waals surface area contributed by atoms with Crippen LogP contribution in [0.5, 0.6) is 11.5 Å². The van der Waals surface area contributed by atoms with Crippen molar-refractivity contribution in [1.82, 2.24) is 5.43 Å². The number of aliphatic hydroxyl groups is 1. The van der Waals surface area contributed by atoms with Gasteiger partial charge in [0, 0.05) is 5.56 Å². The van der Waals surface area contributed by atoms with Gasteiger partial charge in [0.15, 0.2) is 6.10 Å². The van der Waals surface area contributed by atoms with Crippen molar-refractivity contribution in [1.29, 1.82) is 0 Å². The van der Waals surface area contributed by atoms with E-state index in [0.29, 0.717) is 5.56 Å². The van der Waals surface area contributed by atoms with Crippen molar-refractivity contribution in [2.24, 2.45) is 5.10 Å². The molecule has 0 bridgehead atoms. The summed E-state index contributed by atoms with van der Waals surface area (Å²) >= 11 is 0. The number of hydrogen-bond acceptors (Lipinski definition) is 7. The van der Waals surface area contributed by atoms with Crippen LogP contribution >= 0.6 is 0 Å². The first-order chi connectivity index (χ1) is 11.9. The van der Waals surface area contributed by atoms with Crippen molar-refractivity contribution >= 4 is 17.8 Å². The number of aromatic hydroxyl groups is 1. The summed E-state index contributed by atoms with van der Waals surface area (Å²) in [5.74, 6) is -1.27. The van der Waals surface area contributed by atoms with E-state index in [1.54, 1.807) is 30.3 Å². The molecule has 0 saturated heterocycles. The Kier molecular flexibility index (Phi) is 5.64. The number of nitro groups is 1. The van der Waals surface area contributed by atoms with E-state index >= 15 is 0 Å². The Morgan fingerprint density at radius 1 is 1.36 bits per heavy atom. The molecule has 130 valence electrons. The van der Waals surface area contributed by atoms with Crippen molar-refractivity contribution in [3.63, 3.8) is 0 Å². The zero-order valence-corrected chi connectivity index (χ0v) is 13.1. The lowest BCUT2D eigenvalue weighted by Crippen LogP contribution is -2.25. The third kappa shape index (κ3) is 4.30. The van der Waals surface area contributed by atoms with E-state index in [-0.39, 0.29) is 11.3 Å². The summed E-state index contributed by atoms with van der Waals surface area (Å²) < 4.78 is 4.92. The monoisotopic (exact) mass is 345 g/mol. The lowest BCUT2D eigenvalue weighted by Gasteiger charge is -2.08. The van der Waals surface area contributed by atoms with E-state index in [4.69, 9.17) is 4.74 Å². The number of ether oxygens (including phenoxy) is 1. The van der Waals surface area contributed by atoms with Gasteiger partial charge in [0.1, 0.15) is 5.75 Å². The molecule has 0 aliphatic carbocycles. The van der Waals surface area contributed by atoms with Crippen molar-refractivity contribution in [3.05, 3.63) is 63.7 Å². The van der Waals surface area contributed by atoms with Crippen LogP contribution in [0.1, 0.15) is 17.2 Å². The zero-order chi connectivity index (χ0) is 18.4. The number of aliphatic hydroxyl groups excluding tert-OH is 1. The number of hydrazone groups is 1. The fourth-order valence-corrected chi connectivity index (χ4v) is 1.98. The summed E-state index contributed by atoms with van der Waals surface area (Å²) in [6.45, 7) is 0. The van der Waals surface area contributed by atoms with Gasteiger partial charge in [-0.2, -0.15) is 5.10 Å². The van der Waals surface area contributed by atoms with Crippen molar-refractivity contribution in [2.75, 3.05) is 7.11 Å². The van der Waals surface area contributed by atoms with Gasteiger partial charge in [-0.1, -0.05) is 30.3 Å². The van der Waals surface area contributed by atoms with Gasteiger partial charge in [-0.3, -0.25) is 14.9 Å². The number of amides is 1. The number of benzene rings is 2. The number of carbonyl (C=O) groups excluding carboxylic acids is 1. The maximum Gasteiger partial charge on any atom is 0.315 e. The minimum absolute atomic E-state index is 0.0273. The summed E-state index contributed by atoms with van der Waals surface area (Å²) in [5.41, 5.74) is 1.90. The maximum atomic E-state index is 11.8. The summed E-state index contributed by atoms with van der Waals surface area (Å²) in [4.78, 5) is 22.0. The van der Waals surface area contributed by atoms with Crippen LogP contribution in [0, 0.1) is 10.1 Å². The summed E-state index contributed by atoms with van der Waals surface area (Å²) in [5, 5.41) is 34.3. The molecule has 0 unspecified atom stereocenters. The highest BCUT2D eigenvalue weighted by atomic mass is 16.6. The van der Waals surface area contributed by atoms with E-state index in [2.05, 4.69) is 10.5 Å². The molecule has 2 rings (SSSR count). The van der Waals surface area contributed by atoms with Crippen LogP contribution in [0.4, 0.5) is 5.69 Å². The molecule has 0 radical (unpaired) electrons. The normalized spacial score (nSPS) is 11.9. The molecule has 0 fully saturated rings. The van der Waals surface area contributed by atoms with Gasteiger partial charge in [-0.15, -0.1) is 0 Å². The molecule has 0 aliphatic heterocycles. The second-order valence-corrected chi connectivity index (χ2v) is 4.89. The largest absolute Gasteiger partial charge is 0.502 e. The Labute approximate surface area is 142 Å². The van der Waals surface area contributed by atoms with Crippen LogP contribution in [-0.2, 0) is 4.79 Å². The molecule has 9 nitrogen and oxygen atoms in total. The predicted molar refractivity (Wildman–Crippen MR) is 88.5 cm³/mol. The summed E-state index contributed by atoms with van der Waals surface area (Å²) in [7, 11) is 1.31. The van der Waals surface area contributed by atoms with Gasteiger partial charge >= 0.3 is 5.69 Å². The highest BCUT2D eigenvalue weighted by Crippen LogP contribution is 2.33. The maximum absolute atomic E-state index is 11.8. The zero-order valence-electron chi connectivity index (χ0n) is 13.1. The third-order valence-corrected chi connectivity index (χ3v) is 3.27. The Bertz CT molecular complexity index is 807. The van der Waals surface area contributed by atoms with Crippen LogP contribution in [-0.4, -0.2) is 34.4 Å². The first kappa shape index (κ1) is 17.9. The molecule has 0 saturated carbocycles. The first-order valence-electron chi connectivity index (χ1n) is 7.05. The van der Waals surface area contributed by atoms with Crippen molar-refractivity contribution in [3.8, 4) is 11.5 Å². The number of phenolic OH excluding ortho intramolecular Hbond substituents is 1. The Balaban J connectivity index is 2.15. The van der Waals surface area contributed by atoms with Crippen molar-refractivity contribution < 1.29 is 24.7 Å². The number of methoxy groups -OCH3 is 1. The Morgan fingerprint density at radius 2 is 2.04 bits per heavy atom. The minimum Gasteiger partial charge on any atom is -0.502 e. The van der Waals surface area contributed by atoms with Crippen LogP contribution in [0.25, 0.3) is 0 Å². The fraction of sp³-hybridized carbons (Fsp3) is 0.125. The lowest BCUT2D eigenvalue weighted by molar-refractivity contribution is -0.385. The molecule has 0 heterocycles. The molecule has 2 aromatic carbocycles. The van der Waals surface area contributed by atoms with Crippen LogP contribution < -0.4 is 10.2 Å². The molecule has 2 aromatic rings. The van der Waals surface area contributed by atoms with Crippen molar-refractivity contribution in [2.45, 2.75) is 6.10 Å². The highest BCUT2D eigenvalue weighted by Gasteiger charge is 2.19. The number of rotatable bonds is 6. The molecule has 1 amide bonds. The highest BCUT2D eigenvalue weighted by molar-refractivity contribution is 5.88. The topological polar surface area (TPSA) is 134 Å².